The third-order valence-corrected chi connectivity index (χ3v) is 6.11. The minimum Gasteiger partial charge on any atom is -0.482 e. The molecule has 3 rings (SSSR count). The molecule has 0 atom stereocenters. The number of carboxylic acid groups (broad SMARTS) is 1. The van der Waals surface area contributed by atoms with Gasteiger partial charge in [0.05, 0.1) is 11.4 Å². The van der Waals surface area contributed by atoms with Gasteiger partial charge in [-0.1, -0.05) is 19.3 Å². The van der Waals surface area contributed by atoms with Crippen LogP contribution in [-0.2, 0) is 16.0 Å². The van der Waals surface area contributed by atoms with Crippen molar-refractivity contribution >= 4 is 18.1 Å². The van der Waals surface area contributed by atoms with Crippen LogP contribution in [0.15, 0.2) is 18.2 Å². The van der Waals surface area contributed by atoms with Crippen molar-refractivity contribution in [1.82, 2.24) is 4.98 Å². The highest BCUT2D eigenvalue weighted by molar-refractivity contribution is 5.73. The molecule has 0 saturated heterocycles. The van der Waals surface area contributed by atoms with Gasteiger partial charge in [0.1, 0.15) is 5.75 Å². The summed E-state index contributed by atoms with van der Waals surface area (Å²) < 4.78 is 5.45. The molecule has 6 nitrogen and oxygen atoms in total. The Morgan fingerprint density at radius 1 is 1.20 bits per heavy atom. The fraction of sp³-hybridized carbons (Fsp3) is 0.458. The zero-order valence-corrected chi connectivity index (χ0v) is 18.0. The van der Waals surface area contributed by atoms with Crippen LogP contribution in [0.3, 0.4) is 0 Å². The number of aromatic nitrogens is 1. The number of anilines is 1. The lowest BCUT2D eigenvalue weighted by molar-refractivity contribution is -0.139. The third-order valence-electron chi connectivity index (χ3n) is 6.11. The molecule has 1 aliphatic rings. The summed E-state index contributed by atoms with van der Waals surface area (Å²) >= 11 is 0. The Morgan fingerprint density at radius 3 is 2.60 bits per heavy atom. The van der Waals surface area contributed by atoms with Gasteiger partial charge in [-0.2, -0.15) is 0 Å². The van der Waals surface area contributed by atoms with Gasteiger partial charge in [0.25, 0.3) is 0 Å². The van der Waals surface area contributed by atoms with E-state index in [0.29, 0.717) is 18.1 Å². The molecule has 0 bridgehead atoms. The highest BCUT2D eigenvalue weighted by atomic mass is 16.5. The minimum atomic E-state index is -0.989. The molecule has 1 amide bonds. The molecule has 160 valence electrons. The van der Waals surface area contributed by atoms with Gasteiger partial charge in [-0.3, -0.25) is 9.78 Å². The van der Waals surface area contributed by atoms with Gasteiger partial charge in [-0.05, 0) is 74.1 Å². The molecule has 2 N–H and O–H groups in total. The second kappa shape index (κ2) is 9.74. The number of aryl methyl sites for hydroxylation is 1. The average Bonchev–Trinajstić information content (AvgIpc) is 2.74. The third kappa shape index (κ3) is 4.99. The summed E-state index contributed by atoms with van der Waals surface area (Å²) in [7, 11) is 0. The first-order valence-electron chi connectivity index (χ1n) is 10.5. The highest BCUT2D eigenvalue weighted by Gasteiger charge is 2.21. The number of aliphatic carboxylic acids is 1. The lowest BCUT2D eigenvalue weighted by Gasteiger charge is -2.24. The monoisotopic (exact) mass is 410 g/mol. The summed E-state index contributed by atoms with van der Waals surface area (Å²) in [4.78, 5) is 26.9. The maximum absolute atomic E-state index is 11.1. The molecule has 0 aliphatic heterocycles. The van der Waals surface area contributed by atoms with Gasteiger partial charge in [-0.15, -0.1) is 0 Å². The van der Waals surface area contributed by atoms with Crippen LogP contribution in [0.4, 0.5) is 5.69 Å². The highest BCUT2D eigenvalue weighted by Crippen LogP contribution is 2.36. The summed E-state index contributed by atoms with van der Waals surface area (Å²) in [5.41, 5.74) is 7.03. The summed E-state index contributed by atoms with van der Waals surface area (Å²) in [5, 5.41) is 11.7. The van der Waals surface area contributed by atoms with Crippen molar-refractivity contribution in [3.05, 3.63) is 51.8 Å². The number of amides is 1. The van der Waals surface area contributed by atoms with E-state index in [1.54, 1.807) is 0 Å². The van der Waals surface area contributed by atoms with Crippen molar-refractivity contribution in [1.29, 1.82) is 0 Å². The standard InChI is InChI=1S/C24H30N2O4/c1-15-11-22(30-13-23(28)29)17(3)16(2)20(15)12-19-9-10-21(25-14-27)24(26-19)18-7-5-4-6-8-18/h9-11,14,18H,4-8,12-13H2,1-3H3,(H,25,27)(H,28,29). The Bertz CT molecular complexity index is 933. The number of nitrogens with one attached hydrogen (secondary N) is 1. The fourth-order valence-electron chi connectivity index (χ4n) is 4.33. The smallest absolute Gasteiger partial charge is 0.341 e. The Labute approximate surface area is 177 Å². The van der Waals surface area contributed by atoms with Crippen molar-refractivity contribution in [2.24, 2.45) is 0 Å². The number of carbonyl (C=O) groups excluding carboxylic acids is 1. The predicted molar refractivity (Wildman–Crippen MR) is 116 cm³/mol. The Balaban J connectivity index is 1.91. The number of hydrogen-bond acceptors (Lipinski definition) is 4. The number of carboxylic acids is 1. The van der Waals surface area contributed by atoms with E-state index in [1.807, 2.05) is 39.0 Å². The maximum Gasteiger partial charge on any atom is 0.341 e. The zero-order valence-electron chi connectivity index (χ0n) is 18.0. The molecule has 1 saturated carbocycles. The SMILES string of the molecule is Cc1cc(OCC(=O)O)c(C)c(C)c1Cc1ccc(NC=O)c(C2CCCCC2)n1. The van der Waals surface area contributed by atoms with E-state index in [0.717, 1.165) is 53.0 Å². The van der Waals surface area contributed by atoms with Crippen LogP contribution in [0.2, 0.25) is 0 Å². The maximum atomic E-state index is 11.1. The second-order valence-electron chi connectivity index (χ2n) is 8.11. The molecule has 2 aromatic rings. The number of pyridine rings is 1. The van der Waals surface area contributed by atoms with E-state index in [-0.39, 0.29) is 6.61 Å². The first-order chi connectivity index (χ1) is 14.4. The van der Waals surface area contributed by atoms with E-state index in [2.05, 4.69) is 5.32 Å². The first-order valence-corrected chi connectivity index (χ1v) is 10.5. The number of nitrogens with zero attached hydrogens (tertiary/aromatic N) is 1. The quantitative estimate of drug-likeness (QED) is 0.617. The molecular weight excluding hydrogens is 380 g/mol. The van der Waals surface area contributed by atoms with Crippen LogP contribution < -0.4 is 10.1 Å². The molecule has 1 aromatic carbocycles. The molecule has 1 fully saturated rings. The van der Waals surface area contributed by atoms with Gasteiger partial charge >= 0.3 is 5.97 Å². The van der Waals surface area contributed by atoms with Crippen molar-refractivity contribution in [3.63, 3.8) is 0 Å². The summed E-state index contributed by atoms with van der Waals surface area (Å²) in [5.74, 6) is 0.00616. The van der Waals surface area contributed by atoms with Crippen LogP contribution in [0, 0.1) is 20.8 Å². The topological polar surface area (TPSA) is 88.5 Å². The molecule has 0 spiro atoms. The molecule has 1 heterocycles. The van der Waals surface area contributed by atoms with E-state index in [1.165, 1.54) is 24.8 Å². The molecule has 0 unspecified atom stereocenters. The van der Waals surface area contributed by atoms with Gasteiger partial charge in [0.2, 0.25) is 6.41 Å². The molecule has 1 aliphatic carbocycles. The lowest BCUT2D eigenvalue weighted by Crippen LogP contribution is -2.13. The molecule has 0 radical (unpaired) electrons. The van der Waals surface area contributed by atoms with E-state index in [9.17, 15) is 9.59 Å². The average molecular weight is 411 g/mol. The normalized spacial score (nSPS) is 14.4. The van der Waals surface area contributed by atoms with Crippen molar-refractivity contribution in [3.8, 4) is 5.75 Å². The van der Waals surface area contributed by atoms with Crippen molar-refractivity contribution in [2.45, 2.75) is 65.2 Å². The molecular formula is C24H30N2O4. The Morgan fingerprint density at radius 2 is 1.93 bits per heavy atom. The van der Waals surface area contributed by atoms with Crippen LogP contribution in [0.25, 0.3) is 0 Å². The van der Waals surface area contributed by atoms with E-state index >= 15 is 0 Å². The van der Waals surface area contributed by atoms with E-state index < -0.39 is 5.97 Å². The number of carbonyl (C=O) groups is 2. The minimum absolute atomic E-state index is 0.351. The predicted octanol–water partition coefficient (Wildman–Crippen LogP) is 4.68. The summed E-state index contributed by atoms with van der Waals surface area (Å²) in [6.45, 7) is 5.65. The largest absolute Gasteiger partial charge is 0.482 e. The molecule has 6 heteroatoms. The fourth-order valence-corrected chi connectivity index (χ4v) is 4.33. The number of hydrogen-bond donors (Lipinski definition) is 2. The van der Waals surface area contributed by atoms with Gasteiger partial charge < -0.3 is 15.2 Å². The molecule has 30 heavy (non-hydrogen) atoms. The van der Waals surface area contributed by atoms with E-state index in [4.69, 9.17) is 14.8 Å². The lowest BCUT2D eigenvalue weighted by atomic mass is 9.85. The van der Waals surface area contributed by atoms with Gasteiger partial charge in [-0.25, -0.2) is 4.79 Å². The molecule has 1 aromatic heterocycles. The number of rotatable bonds is 8. The van der Waals surface area contributed by atoms with Gasteiger partial charge in [0, 0.05) is 18.0 Å². The van der Waals surface area contributed by atoms with Gasteiger partial charge in [0.15, 0.2) is 6.61 Å². The van der Waals surface area contributed by atoms with Crippen molar-refractivity contribution in [2.75, 3.05) is 11.9 Å². The Hall–Kier alpha value is -2.89. The van der Waals surface area contributed by atoms with Crippen LogP contribution >= 0.6 is 0 Å². The Kier molecular flexibility index (Phi) is 7.08. The number of ether oxygens (including phenoxy) is 1. The van der Waals surface area contributed by atoms with Crippen molar-refractivity contribution < 1.29 is 19.4 Å². The summed E-state index contributed by atoms with van der Waals surface area (Å²) in [6.07, 6.45) is 7.28. The second-order valence-corrected chi connectivity index (χ2v) is 8.11. The summed E-state index contributed by atoms with van der Waals surface area (Å²) in [6, 6.07) is 5.84. The zero-order chi connectivity index (χ0) is 21.7. The van der Waals surface area contributed by atoms with Crippen LogP contribution in [0.5, 0.6) is 5.75 Å². The number of benzene rings is 1. The first kappa shape index (κ1) is 21.8. The van der Waals surface area contributed by atoms with Crippen LogP contribution in [0.1, 0.15) is 71.7 Å². The van der Waals surface area contributed by atoms with Crippen LogP contribution in [-0.4, -0.2) is 29.1 Å².